The molecule has 0 aliphatic carbocycles. The third-order valence-corrected chi connectivity index (χ3v) is 3.56. The average molecular weight is 233 g/mol. The summed E-state index contributed by atoms with van der Waals surface area (Å²) < 4.78 is 5.61. The number of rotatable bonds is 4. The van der Waals surface area contributed by atoms with E-state index >= 15 is 0 Å². The third-order valence-electron chi connectivity index (χ3n) is 3.56. The lowest BCUT2D eigenvalue weighted by Crippen LogP contribution is -2.43. The Balaban J connectivity index is 1.97. The highest BCUT2D eigenvalue weighted by Gasteiger charge is 2.24. The van der Waals surface area contributed by atoms with Crippen molar-refractivity contribution >= 4 is 0 Å². The number of nitrogens with one attached hydrogen (secondary N) is 1. The maximum absolute atomic E-state index is 5.61. The number of hydrogen-bond donors (Lipinski definition) is 1. The van der Waals surface area contributed by atoms with Gasteiger partial charge in [-0.1, -0.05) is 36.8 Å². The van der Waals surface area contributed by atoms with Gasteiger partial charge in [-0.15, -0.1) is 0 Å². The molecule has 1 aliphatic rings. The molecule has 0 aromatic heterocycles. The highest BCUT2D eigenvalue weighted by Crippen LogP contribution is 2.20. The largest absolute Gasteiger partial charge is 0.381 e. The van der Waals surface area contributed by atoms with Crippen LogP contribution in [0, 0.1) is 12.8 Å². The Morgan fingerprint density at radius 1 is 1.29 bits per heavy atom. The molecular formula is C15H23NO. The van der Waals surface area contributed by atoms with E-state index in [4.69, 9.17) is 4.74 Å². The molecule has 0 unspecified atom stereocenters. The predicted octanol–water partition coefficient (Wildman–Crippen LogP) is 2.55. The Bertz CT molecular complexity index is 331. The van der Waals surface area contributed by atoms with Crippen LogP contribution in [-0.4, -0.2) is 25.8 Å². The number of aryl methyl sites for hydroxylation is 1. The summed E-state index contributed by atoms with van der Waals surface area (Å²) in [6.07, 6.45) is 2.27. The van der Waals surface area contributed by atoms with E-state index in [0.29, 0.717) is 12.0 Å². The molecule has 0 radical (unpaired) electrons. The van der Waals surface area contributed by atoms with Crippen LogP contribution in [0.3, 0.4) is 0 Å². The van der Waals surface area contributed by atoms with E-state index in [9.17, 15) is 0 Å². The van der Waals surface area contributed by atoms with Crippen LogP contribution in [0.4, 0.5) is 0 Å². The molecule has 94 valence electrons. The van der Waals surface area contributed by atoms with Gasteiger partial charge in [0.2, 0.25) is 0 Å². The quantitative estimate of drug-likeness (QED) is 0.863. The average Bonchev–Trinajstić information content (AvgIpc) is 2.35. The van der Waals surface area contributed by atoms with Crippen LogP contribution in [0.25, 0.3) is 0 Å². The summed E-state index contributed by atoms with van der Waals surface area (Å²) >= 11 is 0. The van der Waals surface area contributed by atoms with E-state index < -0.39 is 0 Å². The van der Waals surface area contributed by atoms with E-state index in [2.05, 4.69) is 43.4 Å². The van der Waals surface area contributed by atoms with Crippen molar-refractivity contribution in [3.63, 3.8) is 0 Å². The van der Waals surface area contributed by atoms with Crippen molar-refractivity contribution in [2.45, 2.75) is 32.7 Å². The molecule has 17 heavy (non-hydrogen) atoms. The van der Waals surface area contributed by atoms with Crippen molar-refractivity contribution in [2.24, 2.45) is 5.92 Å². The van der Waals surface area contributed by atoms with Gasteiger partial charge in [-0.05, 0) is 31.9 Å². The van der Waals surface area contributed by atoms with Crippen molar-refractivity contribution in [3.05, 3.63) is 35.4 Å². The van der Waals surface area contributed by atoms with Crippen LogP contribution in [0.5, 0.6) is 0 Å². The van der Waals surface area contributed by atoms with Gasteiger partial charge in [0.1, 0.15) is 0 Å². The van der Waals surface area contributed by atoms with Crippen LogP contribution < -0.4 is 5.32 Å². The van der Waals surface area contributed by atoms with Gasteiger partial charge in [0.25, 0.3) is 0 Å². The number of ether oxygens (including phenoxy) is 1. The van der Waals surface area contributed by atoms with Crippen molar-refractivity contribution in [1.29, 1.82) is 0 Å². The van der Waals surface area contributed by atoms with E-state index in [-0.39, 0.29) is 0 Å². The topological polar surface area (TPSA) is 21.3 Å². The molecule has 0 bridgehead atoms. The number of benzene rings is 1. The first kappa shape index (κ1) is 12.6. The molecule has 0 spiro atoms. The molecule has 2 rings (SSSR count). The van der Waals surface area contributed by atoms with Gasteiger partial charge < -0.3 is 10.1 Å². The zero-order valence-corrected chi connectivity index (χ0v) is 10.9. The molecule has 1 fully saturated rings. The van der Waals surface area contributed by atoms with Gasteiger partial charge in [-0.25, -0.2) is 0 Å². The summed E-state index contributed by atoms with van der Waals surface area (Å²) in [6.45, 7) is 7.16. The molecule has 2 heteroatoms. The van der Waals surface area contributed by atoms with Crippen LogP contribution in [0.15, 0.2) is 24.3 Å². The van der Waals surface area contributed by atoms with Crippen LogP contribution in [0.2, 0.25) is 0 Å². The summed E-state index contributed by atoms with van der Waals surface area (Å²) in [5.41, 5.74) is 2.76. The molecule has 0 saturated carbocycles. The highest BCUT2D eigenvalue weighted by molar-refractivity contribution is 5.22. The minimum absolute atomic E-state index is 0.617. The zero-order valence-electron chi connectivity index (χ0n) is 10.9. The predicted molar refractivity (Wildman–Crippen MR) is 71.3 cm³/mol. The minimum atomic E-state index is 0.617. The fourth-order valence-electron chi connectivity index (χ4n) is 2.56. The monoisotopic (exact) mass is 233 g/mol. The Hall–Kier alpha value is -0.860. The fraction of sp³-hybridized carbons (Fsp3) is 0.600. The van der Waals surface area contributed by atoms with Gasteiger partial charge in [-0.2, -0.15) is 0 Å². The lowest BCUT2D eigenvalue weighted by atomic mass is 9.89. The standard InChI is InChI=1S/C15H23NO/c1-3-16-15-8-9-17-11-14(15)10-13-6-4-12(2)5-7-13/h4-7,14-16H,3,8-11H2,1-2H3/t14-,15-/m0/s1. The molecular weight excluding hydrogens is 210 g/mol. The molecule has 0 amide bonds. The van der Waals surface area contributed by atoms with Crippen LogP contribution >= 0.6 is 0 Å². The molecule has 1 aliphatic heterocycles. The lowest BCUT2D eigenvalue weighted by Gasteiger charge is -2.32. The Labute approximate surface area is 104 Å². The molecule has 1 aromatic rings. The maximum Gasteiger partial charge on any atom is 0.0512 e. The summed E-state index contributed by atoms with van der Waals surface area (Å²) in [5.74, 6) is 0.617. The van der Waals surface area contributed by atoms with Gasteiger partial charge in [0.05, 0.1) is 6.61 Å². The molecule has 2 atom stereocenters. The SMILES string of the molecule is CCN[C@H]1CCOC[C@@H]1Cc1ccc(C)cc1. The van der Waals surface area contributed by atoms with Crippen LogP contribution in [-0.2, 0) is 11.2 Å². The van der Waals surface area contributed by atoms with Crippen LogP contribution in [0.1, 0.15) is 24.5 Å². The second-order valence-corrected chi connectivity index (χ2v) is 4.98. The van der Waals surface area contributed by atoms with Crippen molar-refractivity contribution in [3.8, 4) is 0 Å². The highest BCUT2D eigenvalue weighted by atomic mass is 16.5. The summed E-state index contributed by atoms with van der Waals surface area (Å²) in [6, 6.07) is 9.50. The van der Waals surface area contributed by atoms with Gasteiger partial charge in [0.15, 0.2) is 0 Å². The lowest BCUT2D eigenvalue weighted by molar-refractivity contribution is 0.0327. The van der Waals surface area contributed by atoms with Gasteiger partial charge in [0, 0.05) is 18.6 Å². The molecule has 1 aromatic carbocycles. The molecule has 1 saturated heterocycles. The second-order valence-electron chi connectivity index (χ2n) is 4.98. The zero-order chi connectivity index (χ0) is 12.1. The summed E-state index contributed by atoms with van der Waals surface area (Å²) in [7, 11) is 0. The van der Waals surface area contributed by atoms with E-state index in [1.54, 1.807) is 0 Å². The first-order chi connectivity index (χ1) is 8.29. The first-order valence-corrected chi connectivity index (χ1v) is 6.66. The van der Waals surface area contributed by atoms with Gasteiger partial charge >= 0.3 is 0 Å². The number of hydrogen-bond acceptors (Lipinski definition) is 2. The van der Waals surface area contributed by atoms with Crippen molar-refractivity contribution in [2.75, 3.05) is 19.8 Å². The van der Waals surface area contributed by atoms with E-state index in [1.807, 2.05) is 0 Å². The molecule has 2 nitrogen and oxygen atoms in total. The van der Waals surface area contributed by atoms with Gasteiger partial charge in [-0.3, -0.25) is 0 Å². The summed E-state index contributed by atoms with van der Waals surface area (Å²) in [4.78, 5) is 0. The third kappa shape index (κ3) is 3.55. The smallest absolute Gasteiger partial charge is 0.0512 e. The fourth-order valence-corrected chi connectivity index (χ4v) is 2.56. The van der Waals surface area contributed by atoms with E-state index in [1.165, 1.54) is 11.1 Å². The van der Waals surface area contributed by atoms with Crippen molar-refractivity contribution < 1.29 is 4.74 Å². The minimum Gasteiger partial charge on any atom is -0.381 e. The first-order valence-electron chi connectivity index (χ1n) is 6.66. The molecule has 1 N–H and O–H groups in total. The second kappa shape index (κ2) is 6.18. The summed E-state index contributed by atoms with van der Waals surface area (Å²) in [5, 5.41) is 3.59. The molecule has 1 heterocycles. The Morgan fingerprint density at radius 2 is 2.06 bits per heavy atom. The van der Waals surface area contributed by atoms with Crippen molar-refractivity contribution in [1.82, 2.24) is 5.32 Å². The van der Waals surface area contributed by atoms with E-state index in [0.717, 1.165) is 32.6 Å². The Kier molecular flexibility index (Phi) is 4.57. The Morgan fingerprint density at radius 3 is 2.76 bits per heavy atom. The maximum atomic E-state index is 5.61. The normalized spacial score (nSPS) is 24.8.